The molecule has 0 spiro atoms. The highest BCUT2D eigenvalue weighted by Gasteiger charge is 2.12. The third-order valence-corrected chi connectivity index (χ3v) is 2.64. The van der Waals surface area contributed by atoms with Crippen molar-refractivity contribution in [1.29, 1.82) is 0 Å². The second-order valence-corrected chi connectivity index (χ2v) is 3.81. The Morgan fingerprint density at radius 2 is 2.53 bits per heavy atom. The molecule has 0 aromatic carbocycles. The predicted molar refractivity (Wildman–Crippen MR) is 59.0 cm³/mol. The summed E-state index contributed by atoms with van der Waals surface area (Å²) >= 11 is 0. The second-order valence-electron chi connectivity index (χ2n) is 3.81. The van der Waals surface area contributed by atoms with E-state index in [-0.39, 0.29) is 5.56 Å². The van der Waals surface area contributed by atoms with Gasteiger partial charge in [-0.25, -0.2) is 4.98 Å². The molecule has 1 aromatic rings. The van der Waals surface area contributed by atoms with Crippen LogP contribution in [0.4, 0.5) is 5.82 Å². The van der Waals surface area contributed by atoms with Crippen molar-refractivity contribution in [1.82, 2.24) is 15.3 Å². The number of nitrogens with zero attached hydrogens (tertiary/aromatic N) is 1. The van der Waals surface area contributed by atoms with Crippen LogP contribution in [-0.2, 0) is 0 Å². The zero-order valence-electron chi connectivity index (χ0n) is 8.62. The summed E-state index contributed by atoms with van der Waals surface area (Å²) in [7, 11) is 0. The Bertz CT molecular complexity index is 356. The number of hydrogen-bond acceptors (Lipinski definition) is 4. The van der Waals surface area contributed by atoms with E-state index in [1.807, 2.05) is 0 Å². The van der Waals surface area contributed by atoms with Crippen LogP contribution in [0.3, 0.4) is 0 Å². The highest BCUT2D eigenvalue weighted by molar-refractivity contribution is 5.31. The number of anilines is 1. The fraction of sp³-hybridized carbons (Fsp3) is 0.600. The summed E-state index contributed by atoms with van der Waals surface area (Å²) in [5.41, 5.74) is -0.119. The Balaban J connectivity index is 1.75. The van der Waals surface area contributed by atoms with E-state index in [1.165, 1.54) is 25.2 Å². The Labute approximate surface area is 88.3 Å². The van der Waals surface area contributed by atoms with Crippen LogP contribution in [-0.4, -0.2) is 29.1 Å². The van der Waals surface area contributed by atoms with Gasteiger partial charge in [-0.05, 0) is 25.8 Å². The van der Waals surface area contributed by atoms with Gasteiger partial charge >= 0.3 is 0 Å². The minimum atomic E-state index is -0.119. The Kier molecular flexibility index (Phi) is 3.34. The van der Waals surface area contributed by atoms with Gasteiger partial charge in [-0.2, -0.15) is 0 Å². The molecule has 1 saturated heterocycles. The molecule has 1 aliphatic rings. The number of rotatable bonds is 4. The largest absolute Gasteiger partial charge is 0.370 e. The fourth-order valence-corrected chi connectivity index (χ4v) is 1.84. The van der Waals surface area contributed by atoms with Crippen molar-refractivity contribution in [2.45, 2.75) is 25.3 Å². The van der Waals surface area contributed by atoms with E-state index >= 15 is 0 Å². The van der Waals surface area contributed by atoms with Gasteiger partial charge in [0.15, 0.2) is 0 Å². The van der Waals surface area contributed by atoms with Gasteiger partial charge in [0.2, 0.25) is 0 Å². The lowest BCUT2D eigenvalue weighted by Gasteiger charge is -2.10. The fourth-order valence-electron chi connectivity index (χ4n) is 1.84. The zero-order chi connectivity index (χ0) is 10.5. The van der Waals surface area contributed by atoms with Crippen molar-refractivity contribution >= 4 is 5.82 Å². The first-order chi connectivity index (χ1) is 7.34. The Morgan fingerprint density at radius 3 is 3.27 bits per heavy atom. The van der Waals surface area contributed by atoms with Crippen molar-refractivity contribution < 1.29 is 0 Å². The molecule has 0 bridgehead atoms. The van der Waals surface area contributed by atoms with E-state index in [0.29, 0.717) is 11.9 Å². The molecule has 0 aliphatic carbocycles. The molecule has 5 heteroatoms. The van der Waals surface area contributed by atoms with Crippen LogP contribution in [0.5, 0.6) is 0 Å². The Morgan fingerprint density at radius 1 is 1.60 bits per heavy atom. The van der Waals surface area contributed by atoms with Crippen molar-refractivity contribution in [2.24, 2.45) is 0 Å². The lowest BCUT2D eigenvalue weighted by molar-refractivity contribution is 0.574. The van der Waals surface area contributed by atoms with Gasteiger partial charge in [0.25, 0.3) is 5.56 Å². The molecule has 2 heterocycles. The third kappa shape index (κ3) is 3.06. The molecule has 5 nitrogen and oxygen atoms in total. The number of aromatic nitrogens is 2. The quantitative estimate of drug-likeness (QED) is 0.666. The van der Waals surface area contributed by atoms with Gasteiger partial charge in [-0.3, -0.25) is 4.79 Å². The second kappa shape index (κ2) is 4.93. The maximum absolute atomic E-state index is 11.0. The average molecular weight is 208 g/mol. The summed E-state index contributed by atoms with van der Waals surface area (Å²) in [6.07, 6.45) is 5.02. The molecule has 1 fully saturated rings. The van der Waals surface area contributed by atoms with Gasteiger partial charge in [0.05, 0.1) is 6.33 Å². The zero-order valence-corrected chi connectivity index (χ0v) is 8.62. The smallest absolute Gasteiger partial charge is 0.252 e. The van der Waals surface area contributed by atoms with Crippen molar-refractivity contribution in [3.05, 3.63) is 22.7 Å². The van der Waals surface area contributed by atoms with Crippen LogP contribution >= 0.6 is 0 Å². The third-order valence-electron chi connectivity index (χ3n) is 2.64. The molecule has 15 heavy (non-hydrogen) atoms. The van der Waals surface area contributed by atoms with Crippen LogP contribution in [0, 0.1) is 0 Å². The van der Waals surface area contributed by atoms with Crippen LogP contribution in [0.1, 0.15) is 19.3 Å². The number of aromatic amines is 1. The first-order valence-electron chi connectivity index (χ1n) is 5.36. The minimum Gasteiger partial charge on any atom is -0.370 e. The molecular formula is C10H16N4O. The summed E-state index contributed by atoms with van der Waals surface area (Å²) in [6.45, 7) is 1.99. The molecule has 0 unspecified atom stereocenters. The molecule has 3 N–H and O–H groups in total. The van der Waals surface area contributed by atoms with Crippen LogP contribution in [0.2, 0.25) is 0 Å². The van der Waals surface area contributed by atoms with E-state index < -0.39 is 0 Å². The molecule has 0 radical (unpaired) electrons. The van der Waals surface area contributed by atoms with Gasteiger partial charge in [0.1, 0.15) is 5.82 Å². The summed E-state index contributed by atoms with van der Waals surface area (Å²) in [4.78, 5) is 17.5. The maximum atomic E-state index is 11.0. The average Bonchev–Trinajstić information content (AvgIpc) is 2.71. The first kappa shape index (κ1) is 10.2. The summed E-state index contributed by atoms with van der Waals surface area (Å²) in [5.74, 6) is 0.650. The molecule has 2 rings (SSSR count). The normalized spacial score (nSPS) is 20.4. The molecule has 82 valence electrons. The SMILES string of the molecule is O=c1cc(NCC[C@H]2CCCN2)nc[nH]1. The van der Waals surface area contributed by atoms with Crippen LogP contribution < -0.4 is 16.2 Å². The van der Waals surface area contributed by atoms with Gasteiger partial charge in [0, 0.05) is 18.7 Å². The van der Waals surface area contributed by atoms with Crippen molar-refractivity contribution in [3.63, 3.8) is 0 Å². The standard InChI is InChI=1S/C10H16N4O/c15-10-6-9(13-7-14-10)12-5-3-8-2-1-4-11-8/h6-8,11H,1-5H2,(H2,12,13,14,15)/t8-/m1/s1. The number of hydrogen-bond donors (Lipinski definition) is 3. The molecule has 1 aliphatic heterocycles. The van der Waals surface area contributed by atoms with E-state index in [2.05, 4.69) is 20.6 Å². The highest BCUT2D eigenvalue weighted by atomic mass is 16.1. The van der Waals surface area contributed by atoms with Gasteiger partial charge in [-0.15, -0.1) is 0 Å². The topological polar surface area (TPSA) is 69.8 Å². The lowest BCUT2D eigenvalue weighted by atomic mass is 10.1. The summed E-state index contributed by atoms with van der Waals surface area (Å²) in [5, 5.41) is 6.57. The number of H-pyrrole nitrogens is 1. The van der Waals surface area contributed by atoms with Crippen LogP contribution in [0.15, 0.2) is 17.2 Å². The number of nitrogens with one attached hydrogen (secondary N) is 3. The maximum Gasteiger partial charge on any atom is 0.252 e. The van der Waals surface area contributed by atoms with Gasteiger partial charge < -0.3 is 15.6 Å². The van der Waals surface area contributed by atoms with Crippen molar-refractivity contribution in [3.8, 4) is 0 Å². The van der Waals surface area contributed by atoms with E-state index in [9.17, 15) is 4.79 Å². The van der Waals surface area contributed by atoms with E-state index in [4.69, 9.17) is 0 Å². The highest BCUT2D eigenvalue weighted by Crippen LogP contribution is 2.08. The van der Waals surface area contributed by atoms with Crippen LogP contribution in [0.25, 0.3) is 0 Å². The minimum absolute atomic E-state index is 0.119. The molecular weight excluding hydrogens is 192 g/mol. The molecule has 1 aromatic heterocycles. The molecule has 0 amide bonds. The molecule has 0 saturated carbocycles. The Hall–Kier alpha value is -1.36. The van der Waals surface area contributed by atoms with E-state index in [1.54, 1.807) is 0 Å². The van der Waals surface area contributed by atoms with E-state index in [0.717, 1.165) is 19.5 Å². The van der Waals surface area contributed by atoms with Gasteiger partial charge in [-0.1, -0.05) is 0 Å². The lowest BCUT2D eigenvalue weighted by Crippen LogP contribution is -2.24. The monoisotopic (exact) mass is 208 g/mol. The summed E-state index contributed by atoms with van der Waals surface area (Å²) < 4.78 is 0. The summed E-state index contributed by atoms with van der Waals surface area (Å²) in [6, 6.07) is 2.10. The first-order valence-corrected chi connectivity index (χ1v) is 5.36. The predicted octanol–water partition coefficient (Wildman–Crippen LogP) is 0.324. The molecule has 1 atom stereocenters. The van der Waals surface area contributed by atoms with Crippen molar-refractivity contribution in [2.75, 3.05) is 18.4 Å².